The topological polar surface area (TPSA) is 12.5 Å². The average Bonchev–Trinajstić information content (AvgIpc) is 2.16. The highest BCUT2D eigenvalue weighted by molar-refractivity contribution is 4.80. The number of piperidine rings is 1. The summed E-state index contributed by atoms with van der Waals surface area (Å²) in [5.74, 6) is 0. The van der Waals surface area contributed by atoms with Crippen LogP contribution in [-0.2, 0) is 4.74 Å². The summed E-state index contributed by atoms with van der Waals surface area (Å²) in [6.45, 7) is 6.84. The van der Waals surface area contributed by atoms with E-state index in [1.807, 2.05) is 7.11 Å². The van der Waals surface area contributed by atoms with Crippen LogP contribution in [0.2, 0.25) is 0 Å². The maximum Gasteiger partial charge on any atom is 0.0698 e. The molecule has 1 aliphatic rings. The van der Waals surface area contributed by atoms with Crippen molar-refractivity contribution in [3.63, 3.8) is 0 Å². The van der Waals surface area contributed by atoms with E-state index in [0.29, 0.717) is 12.1 Å². The van der Waals surface area contributed by atoms with Gasteiger partial charge in [-0.05, 0) is 32.9 Å². The number of likely N-dealkylation sites (tertiary alicyclic amines) is 1. The number of methoxy groups -OCH3 is 1. The van der Waals surface area contributed by atoms with Crippen LogP contribution in [-0.4, -0.2) is 37.2 Å². The summed E-state index contributed by atoms with van der Waals surface area (Å²) in [7, 11) is 1.81. The van der Waals surface area contributed by atoms with Crippen LogP contribution in [0.5, 0.6) is 0 Å². The van der Waals surface area contributed by atoms with Gasteiger partial charge in [0.15, 0.2) is 0 Å². The smallest absolute Gasteiger partial charge is 0.0698 e. The van der Waals surface area contributed by atoms with Crippen molar-refractivity contribution in [3.8, 4) is 0 Å². The number of hydrogen-bond acceptors (Lipinski definition) is 2. The van der Waals surface area contributed by atoms with E-state index in [9.17, 15) is 0 Å². The molecule has 0 aromatic carbocycles. The van der Waals surface area contributed by atoms with Crippen molar-refractivity contribution in [2.24, 2.45) is 0 Å². The third-order valence-corrected chi connectivity index (χ3v) is 2.98. The molecule has 0 radical (unpaired) electrons. The van der Waals surface area contributed by atoms with Gasteiger partial charge in [-0.2, -0.15) is 0 Å². The van der Waals surface area contributed by atoms with Crippen molar-refractivity contribution in [1.82, 2.24) is 4.90 Å². The van der Waals surface area contributed by atoms with Crippen molar-refractivity contribution in [3.05, 3.63) is 0 Å². The average molecular weight is 171 g/mol. The molecule has 1 heterocycles. The first-order chi connectivity index (χ1) is 5.79. The van der Waals surface area contributed by atoms with E-state index in [2.05, 4.69) is 18.7 Å². The molecule has 2 atom stereocenters. The largest absolute Gasteiger partial charge is 0.380 e. The fourth-order valence-corrected chi connectivity index (χ4v) is 2.10. The highest BCUT2D eigenvalue weighted by Crippen LogP contribution is 2.20. The van der Waals surface area contributed by atoms with Crippen LogP contribution in [0, 0.1) is 0 Å². The zero-order valence-electron chi connectivity index (χ0n) is 8.55. The minimum absolute atomic E-state index is 0.394. The van der Waals surface area contributed by atoms with E-state index in [-0.39, 0.29) is 0 Å². The molecular formula is C10H21NO. The molecular weight excluding hydrogens is 150 g/mol. The first-order valence-corrected chi connectivity index (χ1v) is 5.06. The number of hydrogen-bond donors (Lipinski definition) is 0. The third-order valence-electron chi connectivity index (χ3n) is 2.98. The van der Waals surface area contributed by atoms with Crippen LogP contribution in [0.25, 0.3) is 0 Å². The molecule has 0 spiro atoms. The van der Waals surface area contributed by atoms with Crippen LogP contribution < -0.4 is 0 Å². The quantitative estimate of drug-likeness (QED) is 0.643. The summed E-state index contributed by atoms with van der Waals surface area (Å²) in [6, 6.07) is 0.661. The van der Waals surface area contributed by atoms with Gasteiger partial charge in [-0.15, -0.1) is 0 Å². The normalized spacial score (nSPS) is 28.8. The van der Waals surface area contributed by atoms with Gasteiger partial charge in [-0.1, -0.05) is 13.3 Å². The maximum absolute atomic E-state index is 5.38. The van der Waals surface area contributed by atoms with Gasteiger partial charge >= 0.3 is 0 Å². The molecule has 1 aliphatic heterocycles. The highest BCUT2D eigenvalue weighted by Gasteiger charge is 2.25. The first-order valence-electron chi connectivity index (χ1n) is 5.06. The van der Waals surface area contributed by atoms with Gasteiger partial charge in [0.25, 0.3) is 0 Å². The summed E-state index contributed by atoms with van der Waals surface area (Å²) < 4.78 is 5.38. The Hall–Kier alpha value is -0.0800. The molecule has 0 aromatic heterocycles. The van der Waals surface area contributed by atoms with Crippen molar-refractivity contribution in [2.75, 3.05) is 20.2 Å². The SMILES string of the molecule is CCN1CCCCC1C(C)OC. The molecule has 0 N–H and O–H groups in total. The molecule has 0 saturated carbocycles. The van der Waals surface area contributed by atoms with E-state index in [1.165, 1.54) is 32.4 Å². The van der Waals surface area contributed by atoms with Crippen molar-refractivity contribution < 1.29 is 4.74 Å². The summed E-state index contributed by atoms with van der Waals surface area (Å²) in [5.41, 5.74) is 0. The predicted molar refractivity (Wildman–Crippen MR) is 51.4 cm³/mol. The molecule has 0 aromatic rings. The van der Waals surface area contributed by atoms with Crippen LogP contribution in [0.3, 0.4) is 0 Å². The van der Waals surface area contributed by atoms with Gasteiger partial charge in [0.1, 0.15) is 0 Å². The summed E-state index contributed by atoms with van der Waals surface area (Å²) in [5, 5.41) is 0. The van der Waals surface area contributed by atoms with Gasteiger partial charge in [-0.25, -0.2) is 0 Å². The summed E-state index contributed by atoms with van der Waals surface area (Å²) in [6.07, 6.45) is 4.43. The zero-order chi connectivity index (χ0) is 8.97. The van der Waals surface area contributed by atoms with Gasteiger partial charge in [0.05, 0.1) is 6.10 Å². The van der Waals surface area contributed by atoms with Crippen LogP contribution >= 0.6 is 0 Å². The Morgan fingerprint density at radius 2 is 2.25 bits per heavy atom. The van der Waals surface area contributed by atoms with Crippen molar-refractivity contribution >= 4 is 0 Å². The van der Waals surface area contributed by atoms with Crippen molar-refractivity contribution in [1.29, 1.82) is 0 Å². The fourth-order valence-electron chi connectivity index (χ4n) is 2.10. The Balaban J connectivity index is 2.46. The second-order valence-corrected chi connectivity index (χ2v) is 3.63. The number of nitrogens with zero attached hydrogens (tertiary/aromatic N) is 1. The molecule has 0 aliphatic carbocycles. The second-order valence-electron chi connectivity index (χ2n) is 3.63. The molecule has 1 fully saturated rings. The molecule has 72 valence electrons. The van der Waals surface area contributed by atoms with E-state index >= 15 is 0 Å². The van der Waals surface area contributed by atoms with E-state index in [0.717, 1.165) is 0 Å². The van der Waals surface area contributed by atoms with Gasteiger partial charge in [0.2, 0.25) is 0 Å². The molecule has 1 saturated heterocycles. The molecule has 2 heteroatoms. The first kappa shape index (κ1) is 10.0. The molecule has 2 unspecified atom stereocenters. The second kappa shape index (κ2) is 4.83. The Labute approximate surface area is 75.9 Å². The van der Waals surface area contributed by atoms with E-state index in [1.54, 1.807) is 0 Å². The molecule has 12 heavy (non-hydrogen) atoms. The van der Waals surface area contributed by atoms with Gasteiger partial charge in [0, 0.05) is 13.2 Å². The molecule has 2 nitrogen and oxygen atoms in total. The lowest BCUT2D eigenvalue weighted by Gasteiger charge is -2.37. The monoisotopic (exact) mass is 171 g/mol. The summed E-state index contributed by atoms with van der Waals surface area (Å²) >= 11 is 0. The Morgan fingerprint density at radius 1 is 1.50 bits per heavy atom. The lowest BCUT2D eigenvalue weighted by Crippen LogP contribution is -2.46. The molecule has 0 amide bonds. The number of likely N-dealkylation sites (N-methyl/N-ethyl adjacent to an activating group) is 1. The Kier molecular flexibility index (Phi) is 4.02. The van der Waals surface area contributed by atoms with Crippen LogP contribution in [0.15, 0.2) is 0 Å². The molecule has 0 bridgehead atoms. The maximum atomic E-state index is 5.38. The minimum Gasteiger partial charge on any atom is -0.380 e. The lowest BCUT2D eigenvalue weighted by atomic mass is 9.98. The van der Waals surface area contributed by atoms with Crippen molar-refractivity contribution in [2.45, 2.75) is 45.3 Å². The van der Waals surface area contributed by atoms with E-state index in [4.69, 9.17) is 4.74 Å². The lowest BCUT2D eigenvalue weighted by molar-refractivity contribution is 0.00957. The molecule has 1 rings (SSSR count). The van der Waals surface area contributed by atoms with Crippen LogP contribution in [0.4, 0.5) is 0 Å². The number of rotatable bonds is 3. The number of ether oxygens (including phenoxy) is 1. The third kappa shape index (κ3) is 2.20. The zero-order valence-corrected chi connectivity index (χ0v) is 8.55. The van der Waals surface area contributed by atoms with E-state index < -0.39 is 0 Å². The predicted octanol–water partition coefficient (Wildman–Crippen LogP) is 1.90. The Bertz CT molecular complexity index is 127. The van der Waals surface area contributed by atoms with Gasteiger partial charge < -0.3 is 4.74 Å². The Morgan fingerprint density at radius 3 is 2.83 bits per heavy atom. The summed E-state index contributed by atoms with van der Waals surface area (Å²) in [4.78, 5) is 2.54. The van der Waals surface area contributed by atoms with Crippen LogP contribution in [0.1, 0.15) is 33.1 Å². The fraction of sp³-hybridized carbons (Fsp3) is 1.00. The highest BCUT2D eigenvalue weighted by atomic mass is 16.5. The standard InChI is InChI=1S/C10H21NO/c1-4-11-8-6-5-7-10(11)9(2)12-3/h9-10H,4-8H2,1-3H3. The van der Waals surface area contributed by atoms with Gasteiger partial charge in [-0.3, -0.25) is 4.90 Å². The minimum atomic E-state index is 0.394.